The van der Waals surface area contributed by atoms with E-state index in [1.54, 1.807) is 7.05 Å². The smallest absolute Gasteiger partial charge is 0.394 e. The van der Waals surface area contributed by atoms with Gasteiger partial charge in [0, 0.05) is 24.8 Å². The number of rotatable bonds is 7. The van der Waals surface area contributed by atoms with Crippen LogP contribution < -0.4 is 0 Å². The fourth-order valence-corrected chi connectivity index (χ4v) is 7.07. The Bertz CT molecular complexity index is 1450. The Balaban J connectivity index is 1.51. The molecule has 2 saturated heterocycles. The number of benzene rings is 1. The van der Waals surface area contributed by atoms with E-state index in [0.717, 1.165) is 29.2 Å². The van der Waals surface area contributed by atoms with Gasteiger partial charge >= 0.3 is 6.18 Å². The first-order chi connectivity index (χ1) is 20.7. The number of likely N-dealkylation sites (tertiary alicyclic amines) is 1. The summed E-state index contributed by atoms with van der Waals surface area (Å²) in [5, 5.41) is 50.4. The first-order valence-corrected chi connectivity index (χ1v) is 14.5. The summed E-state index contributed by atoms with van der Waals surface area (Å²) in [4.78, 5) is 5.90. The topological polar surface area (TPSA) is 137 Å². The summed E-state index contributed by atoms with van der Waals surface area (Å²) >= 11 is 0.664. The number of nitrogens with zero attached hydrogens (tertiary/aromatic N) is 5. The predicted octanol–water partition coefficient (Wildman–Crippen LogP) is 2.69. The average Bonchev–Trinajstić information content (AvgIpc) is 3.46. The van der Waals surface area contributed by atoms with Gasteiger partial charge in [-0.25, -0.2) is 17.9 Å². The predicted molar refractivity (Wildman–Crippen MR) is 143 cm³/mol. The normalized spacial score (nSPS) is 26.9. The Morgan fingerprint density at radius 2 is 1.77 bits per heavy atom. The van der Waals surface area contributed by atoms with Crippen LogP contribution in [0.4, 0.5) is 26.3 Å². The number of halogens is 6. The van der Waals surface area contributed by atoms with Crippen LogP contribution in [0.15, 0.2) is 36.7 Å². The van der Waals surface area contributed by atoms with E-state index in [1.807, 2.05) is 4.90 Å². The number of hydrogen-bond donors (Lipinski definition) is 4. The Morgan fingerprint density at radius 1 is 1.11 bits per heavy atom. The maximum absolute atomic E-state index is 14.1. The molecule has 0 unspecified atom stereocenters. The molecule has 2 aliphatic heterocycles. The largest absolute Gasteiger partial charge is 0.418 e. The lowest BCUT2D eigenvalue weighted by molar-refractivity contribution is -0.179. The number of pyridine rings is 1. The van der Waals surface area contributed by atoms with Gasteiger partial charge < -0.3 is 30.1 Å². The van der Waals surface area contributed by atoms with Gasteiger partial charge in [-0.1, -0.05) is 5.21 Å². The fraction of sp³-hybridized carbons (Fsp3) is 0.519. The highest BCUT2D eigenvalue weighted by molar-refractivity contribution is 8.00. The number of aliphatic hydroxyl groups excluding tert-OH is 3. The third kappa shape index (κ3) is 6.31. The standard InChI is InChI=1S/C27H29F6N5O5S/c1-37-7-4-26(42,5-8-37)24(20-14(27(31,32)33)3-2-6-34-20)44-25-23(41)21(22(40)18(12-39)43-25)38-11-17(35-36-38)13-9-15(28)19(30)16(29)10-13/h2-3,6,9-11,18,21-25,39-42H,4-5,7-8,12H2,1H3/t18-,21+,22+,23-,24+,25+/m1/s1. The number of thioether (sulfide) groups is 1. The molecule has 5 rings (SSSR count). The molecule has 0 bridgehead atoms. The van der Waals surface area contributed by atoms with Crippen molar-refractivity contribution < 1.29 is 51.5 Å². The van der Waals surface area contributed by atoms with Crippen LogP contribution in [0, 0.1) is 17.5 Å². The number of aliphatic hydroxyl groups is 4. The molecule has 4 N–H and O–H groups in total. The highest BCUT2D eigenvalue weighted by Crippen LogP contribution is 2.51. The maximum Gasteiger partial charge on any atom is 0.418 e. The lowest BCUT2D eigenvalue weighted by Gasteiger charge is -2.46. The molecule has 240 valence electrons. The van der Waals surface area contributed by atoms with Crippen LogP contribution in [0.2, 0.25) is 0 Å². The second kappa shape index (κ2) is 12.5. The molecule has 10 nitrogen and oxygen atoms in total. The van der Waals surface area contributed by atoms with Crippen LogP contribution in [-0.2, 0) is 10.9 Å². The SMILES string of the molecule is CN1CCC(O)([C@@H](S[C@@H]2O[C@H](CO)[C@H](O)[C@H](n3cc(-c4cc(F)c(F)c(F)c4)nn3)[C@H]2O)c2ncccc2C(F)(F)F)CC1. The Kier molecular flexibility index (Phi) is 9.28. The molecule has 0 spiro atoms. The summed E-state index contributed by atoms with van der Waals surface area (Å²) in [5.41, 5.74) is -5.06. The summed E-state index contributed by atoms with van der Waals surface area (Å²) in [6.45, 7) is -0.0417. The quantitative estimate of drug-likeness (QED) is 0.224. The van der Waals surface area contributed by atoms with Gasteiger partial charge in [0.1, 0.15) is 35.5 Å². The van der Waals surface area contributed by atoms with Gasteiger partial charge in [-0.15, -0.1) is 16.9 Å². The molecule has 0 radical (unpaired) electrons. The Hall–Kier alpha value is -2.80. The number of aromatic nitrogens is 4. The lowest BCUT2D eigenvalue weighted by Crippen LogP contribution is -2.56. The van der Waals surface area contributed by atoms with Gasteiger partial charge in [-0.05, 0) is 44.2 Å². The third-order valence-electron chi connectivity index (χ3n) is 7.95. The summed E-state index contributed by atoms with van der Waals surface area (Å²) in [5.74, 6) is -4.66. The van der Waals surface area contributed by atoms with Gasteiger partial charge in [-0.2, -0.15) is 13.2 Å². The maximum atomic E-state index is 14.1. The molecular weight excluding hydrogens is 620 g/mol. The molecule has 3 aromatic rings. The molecule has 2 fully saturated rings. The van der Waals surface area contributed by atoms with Crippen molar-refractivity contribution in [2.45, 2.75) is 59.7 Å². The minimum atomic E-state index is -4.82. The molecule has 17 heteroatoms. The fourth-order valence-electron chi connectivity index (χ4n) is 5.46. The van der Waals surface area contributed by atoms with Crippen molar-refractivity contribution in [3.8, 4) is 11.3 Å². The van der Waals surface area contributed by atoms with Crippen LogP contribution in [0.5, 0.6) is 0 Å². The summed E-state index contributed by atoms with van der Waals surface area (Å²) < 4.78 is 90.2. The van der Waals surface area contributed by atoms with Crippen LogP contribution in [0.1, 0.15) is 35.4 Å². The van der Waals surface area contributed by atoms with Crippen molar-refractivity contribution >= 4 is 11.8 Å². The highest BCUT2D eigenvalue weighted by Gasteiger charge is 2.51. The van der Waals surface area contributed by atoms with E-state index in [0.29, 0.717) is 37.0 Å². The van der Waals surface area contributed by atoms with Gasteiger partial charge in [0.05, 0.1) is 34.9 Å². The van der Waals surface area contributed by atoms with E-state index in [4.69, 9.17) is 4.74 Å². The summed E-state index contributed by atoms with van der Waals surface area (Å²) in [7, 11) is 1.80. The molecule has 0 saturated carbocycles. The summed E-state index contributed by atoms with van der Waals surface area (Å²) in [6, 6.07) is 1.89. The van der Waals surface area contributed by atoms with E-state index in [-0.39, 0.29) is 24.1 Å². The van der Waals surface area contributed by atoms with Gasteiger partial charge in [0.25, 0.3) is 0 Å². The zero-order valence-corrected chi connectivity index (χ0v) is 23.9. The van der Waals surface area contributed by atoms with Crippen molar-refractivity contribution in [1.82, 2.24) is 24.9 Å². The van der Waals surface area contributed by atoms with E-state index in [9.17, 15) is 46.8 Å². The zero-order chi connectivity index (χ0) is 32.0. The van der Waals surface area contributed by atoms with Gasteiger partial charge in [-0.3, -0.25) is 4.98 Å². The minimum Gasteiger partial charge on any atom is -0.394 e. The zero-order valence-electron chi connectivity index (χ0n) is 23.1. The molecule has 2 aromatic heterocycles. The number of hydrogen-bond acceptors (Lipinski definition) is 10. The number of alkyl halides is 3. The van der Waals surface area contributed by atoms with Crippen LogP contribution >= 0.6 is 11.8 Å². The summed E-state index contributed by atoms with van der Waals surface area (Å²) in [6.07, 6.45) is -7.11. The van der Waals surface area contributed by atoms with Crippen molar-refractivity contribution in [2.75, 3.05) is 26.7 Å². The molecule has 4 heterocycles. The van der Waals surface area contributed by atoms with E-state index in [1.165, 1.54) is 0 Å². The third-order valence-corrected chi connectivity index (χ3v) is 9.54. The van der Waals surface area contributed by atoms with Crippen LogP contribution in [0.25, 0.3) is 11.3 Å². The Morgan fingerprint density at radius 3 is 2.39 bits per heavy atom. The first-order valence-electron chi connectivity index (χ1n) is 13.5. The number of piperidine rings is 1. The minimum absolute atomic E-state index is 0.0740. The van der Waals surface area contributed by atoms with Crippen molar-refractivity contribution in [1.29, 1.82) is 0 Å². The average molecular weight is 650 g/mol. The monoisotopic (exact) mass is 649 g/mol. The molecule has 6 atom stereocenters. The van der Waals surface area contributed by atoms with Crippen LogP contribution in [0.3, 0.4) is 0 Å². The van der Waals surface area contributed by atoms with Crippen molar-refractivity contribution in [2.24, 2.45) is 0 Å². The van der Waals surface area contributed by atoms with Gasteiger partial charge in [0.2, 0.25) is 0 Å². The highest BCUT2D eigenvalue weighted by atomic mass is 32.2. The second-order valence-electron chi connectivity index (χ2n) is 10.9. The molecule has 2 aliphatic rings. The molecular formula is C27H29F6N5O5S. The number of ether oxygens (including phenoxy) is 1. The first kappa shape index (κ1) is 32.6. The Labute approximate surface area is 251 Å². The lowest BCUT2D eigenvalue weighted by atomic mass is 9.85. The van der Waals surface area contributed by atoms with E-state index < -0.39 is 82.1 Å². The van der Waals surface area contributed by atoms with Crippen molar-refractivity contribution in [3.05, 3.63) is 65.4 Å². The molecule has 1 aromatic carbocycles. The van der Waals surface area contributed by atoms with E-state index in [2.05, 4.69) is 15.3 Å². The second-order valence-corrected chi connectivity index (χ2v) is 12.1. The molecule has 0 amide bonds. The molecule has 44 heavy (non-hydrogen) atoms. The van der Waals surface area contributed by atoms with Gasteiger partial charge in [0.15, 0.2) is 17.5 Å². The van der Waals surface area contributed by atoms with Crippen molar-refractivity contribution in [3.63, 3.8) is 0 Å². The molecule has 0 aliphatic carbocycles. The van der Waals surface area contributed by atoms with E-state index >= 15 is 0 Å². The van der Waals surface area contributed by atoms with Crippen LogP contribution in [-0.4, -0.2) is 101 Å².